The molecule has 1 aliphatic rings. The normalized spacial score (nSPS) is 22.1. The van der Waals surface area contributed by atoms with E-state index < -0.39 is 15.3 Å². The van der Waals surface area contributed by atoms with Gasteiger partial charge in [0.15, 0.2) is 15.3 Å². The quantitative estimate of drug-likeness (QED) is 0.615. The molecular formula is C8H18N2O3S. The molecule has 1 atom stereocenters. The molecule has 1 saturated heterocycles. The molecule has 0 aromatic carbocycles. The molecule has 0 bridgehead atoms. The fraction of sp³-hybridized carbons (Fsp3) is 1.00. The van der Waals surface area contributed by atoms with Gasteiger partial charge in [-0.25, -0.2) is 8.42 Å². The number of hydrogen-bond donors (Lipinski definition) is 2. The van der Waals surface area contributed by atoms with Crippen molar-refractivity contribution in [2.45, 2.75) is 11.9 Å². The Morgan fingerprint density at radius 1 is 1.43 bits per heavy atom. The van der Waals surface area contributed by atoms with Crippen molar-refractivity contribution in [2.75, 3.05) is 39.0 Å². The predicted molar refractivity (Wildman–Crippen MR) is 54.8 cm³/mol. The van der Waals surface area contributed by atoms with Gasteiger partial charge >= 0.3 is 0 Å². The van der Waals surface area contributed by atoms with Gasteiger partial charge < -0.3 is 15.3 Å². The van der Waals surface area contributed by atoms with Crippen molar-refractivity contribution in [1.82, 2.24) is 10.2 Å². The number of hydrogen-bond acceptors (Lipinski definition) is 5. The van der Waals surface area contributed by atoms with E-state index in [0.717, 1.165) is 32.4 Å². The Kier molecular flexibility index (Phi) is 4.31. The van der Waals surface area contributed by atoms with Crippen LogP contribution < -0.4 is 5.32 Å². The first-order valence-corrected chi connectivity index (χ1v) is 6.75. The summed E-state index contributed by atoms with van der Waals surface area (Å²) in [6, 6.07) is 0. The standard InChI is InChI=1S/C8H18N2O3S/c1-14(12,13)8(11)2-5-10-6-3-9-4-7-10/h8-9,11H,2-7H2,1H3. The molecule has 1 unspecified atom stereocenters. The van der Waals surface area contributed by atoms with E-state index in [4.69, 9.17) is 0 Å². The second-order valence-corrected chi connectivity index (χ2v) is 5.87. The SMILES string of the molecule is CS(=O)(=O)C(O)CCN1CCNCC1. The first-order chi connectivity index (χ1) is 6.50. The molecule has 0 aromatic rings. The van der Waals surface area contributed by atoms with Gasteiger partial charge in [-0.15, -0.1) is 0 Å². The molecule has 0 spiro atoms. The Labute approximate surface area is 85.0 Å². The molecule has 1 heterocycles. The summed E-state index contributed by atoms with van der Waals surface area (Å²) in [5.74, 6) is 0. The molecule has 6 heteroatoms. The van der Waals surface area contributed by atoms with Crippen molar-refractivity contribution in [1.29, 1.82) is 0 Å². The summed E-state index contributed by atoms with van der Waals surface area (Å²) in [6.45, 7) is 4.38. The third kappa shape index (κ3) is 3.91. The summed E-state index contributed by atoms with van der Waals surface area (Å²) in [4.78, 5) is 2.16. The van der Waals surface area contributed by atoms with Gasteiger partial charge in [0.1, 0.15) is 0 Å². The van der Waals surface area contributed by atoms with Crippen molar-refractivity contribution in [3.63, 3.8) is 0 Å². The zero-order valence-corrected chi connectivity index (χ0v) is 9.26. The maximum Gasteiger partial charge on any atom is 0.174 e. The van der Waals surface area contributed by atoms with Crippen LogP contribution in [0.4, 0.5) is 0 Å². The zero-order chi connectivity index (χ0) is 10.6. The zero-order valence-electron chi connectivity index (χ0n) is 8.44. The highest BCUT2D eigenvalue weighted by molar-refractivity contribution is 7.91. The summed E-state index contributed by atoms with van der Waals surface area (Å²) in [6.07, 6.45) is 1.37. The van der Waals surface area contributed by atoms with Gasteiger partial charge in [0, 0.05) is 45.4 Å². The number of aliphatic hydroxyl groups excluding tert-OH is 1. The van der Waals surface area contributed by atoms with Crippen molar-refractivity contribution in [3.8, 4) is 0 Å². The van der Waals surface area contributed by atoms with Gasteiger partial charge in [0.2, 0.25) is 0 Å². The molecular weight excluding hydrogens is 204 g/mol. The van der Waals surface area contributed by atoms with E-state index in [1.54, 1.807) is 0 Å². The van der Waals surface area contributed by atoms with Crippen LogP contribution in [-0.4, -0.2) is 62.8 Å². The van der Waals surface area contributed by atoms with Crippen LogP contribution in [0.15, 0.2) is 0 Å². The number of rotatable bonds is 4. The molecule has 14 heavy (non-hydrogen) atoms. The van der Waals surface area contributed by atoms with E-state index in [2.05, 4.69) is 10.2 Å². The number of sulfone groups is 1. The third-order valence-corrected chi connectivity index (χ3v) is 3.62. The Bertz CT molecular complexity index is 260. The lowest BCUT2D eigenvalue weighted by atomic mass is 10.3. The molecule has 0 aliphatic carbocycles. The predicted octanol–water partition coefficient (Wildman–Crippen LogP) is -1.36. The number of nitrogens with one attached hydrogen (secondary N) is 1. The van der Waals surface area contributed by atoms with Crippen LogP contribution >= 0.6 is 0 Å². The number of aliphatic hydroxyl groups is 1. The van der Waals surface area contributed by atoms with Crippen LogP contribution in [0, 0.1) is 0 Å². The molecule has 1 rings (SSSR count). The Morgan fingerprint density at radius 2 is 2.00 bits per heavy atom. The molecule has 1 fully saturated rings. The van der Waals surface area contributed by atoms with E-state index >= 15 is 0 Å². The minimum absolute atomic E-state index is 0.304. The van der Waals surface area contributed by atoms with E-state index in [9.17, 15) is 13.5 Å². The third-order valence-electron chi connectivity index (χ3n) is 2.40. The van der Waals surface area contributed by atoms with Crippen molar-refractivity contribution in [2.24, 2.45) is 0 Å². The Balaban J connectivity index is 2.25. The highest BCUT2D eigenvalue weighted by Gasteiger charge is 2.18. The minimum atomic E-state index is -3.29. The van der Waals surface area contributed by atoms with Crippen LogP contribution in [0.3, 0.4) is 0 Å². The second-order valence-electron chi connectivity index (χ2n) is 3.66. The topological polar surface area (TPSA) is 69.6 Å². The van der Waals surface area contributed by atoms with Gasteiger partial charge in [-0.2, -0.15) is 0 Å². The lowest BCUT2D eigenvalue weighted by Gasteiger charge is -2.27. The lowest BCUT2D eigenvalue weighted by Crippen LogP contribution is -2.44. The average molecular weight is 222 g/mol. The van der Waals surface area contributed by atoms with Crippen molar-refractivity contribution < 1.29 is 13.5 Å². The van der Waals surface area contributed by atoms with Crippen molar-refractivity contribution >= 4 is 9.84 Å². The molecule has 0 aromatic heterocycles. The van der Waals surface area contributed by atoms with Gasteiger partial charge in [-0.3, -0.25) is 0 Å². The van der Waals surface area contributed by atoms with E-state index in [1.807, 2.05) is 0 Å². The van der Waals surface area contributed by atoms with Gasteiger partial charge in [-0.1, -0.05) is 0 Å². The monoisotopic (exact) mass is 222 g/mol. The largest absolute Gasteiger partial charge is 0.377 e. The van der Waals surface area contributed by atoms with Gasteiger partial charge in [-0.05, 0) is 0 Å². The Hall–Kier alpha value is -0.170. The molecule has 0 amide bonds. The first kappa shape index (κ1) is 11.9. The molecule has 1 aliphatic heterocycles. The number of nitrogens with zero attached hydrogens (tertiary/aromatic N) is 1. The van der Waals surface area contributed by atoms with E-state index in [1.165, 1.54) is 0 Å². The van der Waals surface area contributed by atoms with E-state index in [0.29, 0.717) is 13.0 Å². The van der Waals surface area contributed by atoms with Gasteiger partial charge in [0.25, 0.3) is 0 Å². The van der Waals surface area contributed by atoms with Crippen LogP contribution in [-0.2, 0) is 9.84 Å². The summed E-state index contributed by atoms with van der Waals surface area (Å²) < 4.78 is 21.8. The van der Waals surface area contributed by atoms with Crippen LogP contribution in [0.2, 0.25) is 0 Å². The smallest absolute Gasteiger partial charge is 0.174 e. The molecule has 84 valence electrons. The molecule has 0 saturated carbocycles. The average Bonchev–Trinajstić information content (AvgIpc) is 2.14. The van der Waals surface area contributed by atoms with Crippen LogP contribution in [0.5, 0.6) is 0 Å². The molecule has 2 N–H and O–H groups in total. The lowest BCUT2D eigenvalue weighted by molar-refractivity contribution is 0.185. The fourth-order valence-corrected chi connectivity index (χ4v) is 1.98. The fourth-order valence-electron chi connectivity index (χ4n) is 1.44. The summed E-state index contributed by atoms with van der Waals surface area (Å²) >= 11 is 0. The van der Waals surface area contributed by atoms with Crippen LogP contribution in [0.25, 0.3) is 0 Å². The number of piperazine rings is 1. The van der Waals surface area contributed by atoms with E-state index in [-0.39, 0.29) is 0 Å². The molecule has 5 nitrogen and oxygen atoms in total. The summed E-state index contributed by atoms with van der Waals surface area (Å²) in [5, 5.41) is 12.5. The van der Waals surface area contributed by atoms with Crippen molar-refractivity contribution in [3.05, 3.63) is 0 Å². The second kappa shape index (κ2) is 5.06. The highest BCUT2D eigenvalue weighted by Crippen LogP contribution is 2.03. The van der Waals surface area contributed by atoms with Crippen LogP contribution in [0.1, 0.15) is 6.42 Å². The molecule has 0 radical (unpaired) electrons. The highest BCUT2D eigenvalue weighted by atomic mass is 32.2. The maximum atomic E-state index is 10.9. The summed E-state index contributed by atoms with van der Waals surface area (Å²) in [5.41, 5.74) is -1.21. The minimum Gasteiger partial charge on any atom is -0.377 e. The maximum absolute atomic E-state index is 10.9. The first-order valence-electron chi connectivity index (χ1n) is 4.80. The van der Waals surface area contributed by atoms with Gasteiger partial charge in [0.05, 0.1) is 0 Å². The summed E-state index contributed by atoms with van der Waals surface area (Å²) in [7, 11) is -3.29. The Morgan fingerprint density at radius 3 is 2.50 bits per heavy atom.